The van der Waals surface area contributed by atoms with Gasteiger partial charge in [0.15, 0.2) is 17.9 Å². The van der Waals surface area contributed by atoms with Gasteiger partial charge in [-0.2, -0.15) is 0 Å². The summed E-state index contributed by atoms with van der Waals surface area (Å²) in [5, 5.41) is 0.676. The van der Waals surface area contributed by atoms with Gasteiger partial charge in [-0.1, -0.05) is 37.1 Å². The van der Waals surface area contributed by atoms with E-state index in [4.69, 9.17) is 30.5 Å². The lowest BCUT2D eigenvalue weighted by Crippen LogP contribution is -2.40. The molecule has 2 aliphatic heterocycles. The number of hydrogen-bond donors (Lipinski definition) is 0. The summed E-state index contributed by atoms with van der Waals surface area (Å²) in [4.78, 5) is 12.5. The van der Waals surface area contributed by atoms with Crippen molar-refractivity contribution in [3.05, 3.63) is 34.9 Å². The van der Waals surface area contributed by atoms with Crippen LogP contribution >= 0.6 is 11.6 Å². The van der Waals surface area contributed by atoms with Crippen molar-refractivity contribution in [2.45, 2.75) is 77.0 Å². The molecule has 0 radical (unpaired) electrons. The molecule has 2 heterocycles. The fourth-order valence-electron chi connectivity index (χ4n) is 3.19. The molecule has 5 nitrogen and oxygen atoms in total. The molecule has 0 unspecified atom stereocenters. The van der Waals surface area contributed by atoms with E-state index in [9.17, 15) is 4.79 Å². The van der Waals surface area contributed by atoms with Gasteiger partial charge in [-0.25, -0.2) is 0 Å². The monoisotopic (exact) mass is 368 g/mol. The Balaban J connectivity index is 1.70. The summed E-state index contributed by atoms with van der Waals surface area (Å²) in [5.74, 6) is -0.698. The average molecular weight is 369 g/mol. The van der Waals surface area contributed by atoms with Crippen LogP contribution in [0.25, 0.3) is 0 Å². The number of carbonyl (C=O) groups excluding carboxylic acids is 1. The van der Waals surface area contributed by atoms with Crippen LogP contribution < -0.4 is 0 Å². The zero-order valence-corrected chi connectivity index (χ0v) is 15.6. The highest BCUT2D eigenvalue weighted by atomic mass is 35.5. The summed E-state index contributed by atoms with van der Waals surface area (Å²) >= 11 is 5.91. The molecular formula is C19H25ClO5. The standard InChI is InChI=1S/C19H25ClO5/c1-4-5-6-14(21)15-16(17-18(23-15)25-19(2,3)24-17)22-11-12-7-9-13(20)10-8-12/h7-10,15-18H,4-6,11H2,1-3H3/t15-,16+,17-,18-/m1/s1. The van der Waals surface area contributed by atoms with E-state index >= 15 is 0 Å². The van der Waals surface area contributed by atoms with Crippen molar-refractivity contribution in [2.24, 2.45) is 0 Å². The Morgan fingerprint density at radius 2 is 1.96 bits per heavy atom. The summed E-state index contributed by atoms with van der Waals surface area (Å²) in [5.41, 5.74) is 0.978. The summed E-state index contributed by atoms with van der Waals surface area (Å²) in [7, 11) is 0. The second kappa shape index (κ2) is 7.72. The highest BCUT2D eigenvalue weighted by Crippen LogP contribution is 2.39. The Labute approximate surface area is 153 Å². The number of halogens is 1. The van der Waals surface area contributed by atoms with E-state index in [1.165, 1.54) is 0 Å². The SMILES string of the molecule is CCCCC(=O)[C@H]1O[C@@H]2OC(C)(C)O[C@@H]2[C@H]1OCc1ccc(Cl)cc1. The van der Waals surface area contributed by atoms with Crippen molar-refractivity contribution in [1.82, 2.24) is 0 Å². The van der Waals surface area contributed by atoms with Crippen LogP contribution in [0.5, 0.6) is 0 Å². The second-order valence-electron chi connectivity index (χ2n) is 7.00. The van der Waals surface area contributed by atoms with Gasteiger partial charge < -0.3 is 18.9 Å². The van der Waals surface area contributed by atoms with Crippen LogP contribution in [-0.2, 0) is 30.3 Å². The molecule has 25 heavy (non-hydrogen) atoms. The Bertz CT molecular complexity index is 600. The second-order valence-corrected chi connectivity index (χ2v) is 7.43. The van der Waals surface area contributed by atoms with E-state index in [0.29, 0.717) is 18.1 Å². The van der Waals surface area contributed by atoms with Gasteiger partial charge in [0, 0.05) is 11.4 Å². The minimum absolute atomic E-state index is 0.0439. The lowest BCUT2D eigenvalue weighted by Gasteiger charge is -2.25. The maximum absolute atomic E-state index is 12.5. The van der Waals surface area contributed by atoms with E-state index in [0.717, 1.165) is 18.4 Å². The number of ketones is 1. The van der Waals surface area contributed by atoms with Gasteiger partial charge in [0.2, 0.25) is 0 Å². The molecule has 0 N–H and O–H groups in total. The van der Waals surface area contributed by atoms with Crippen molar-refractivity contribution in [3.8, 4) is 0 Å². The van der Waals surface area contributed by atoms with Gasteiger partial charge in [-0.3, -0.25) is 4.79 Å². The predicted molar refractivity (Wildman–Crippen MR) is 93.3 cm³/mol. The van der Waals surface area contributed by atoms with Gasteiger partial charge in [0.05, 0.1) is 6.61 Å². The largest absolute Gasteiger partial charge is 0.367 e. The number of Topliss-reactive ketones (excluding diaryl/α,β-unsaturated/α-hetero) is 1. The molecular weight excluding hydrogens is 344 g/mol. The van der Waals surface area contributed by atoms with E-state index in [2.05, 4.69) is 6.92 Å². The van der Waals surface area contributed by atoms with Crippen molar-refractivity contribution < 1.29 is 23.7 Å². The van der Waals surface area contributed by atoms with Crippen LogP contribution in [0.4, 0.5) is 0 Å². The highest BCUT2D eigenvalue weighted by Gasteiger charge is 2.57. The lowest BCUT2D eigenvalue weighted by molar-refractivity contribution is -0.218. The molecule has 2 aliphatic rings. The Kier molecular flexibility index (Phi) is 5.81. The first-order valence-corrected chi connectivity index (χ1v) is 9.17. The van der Waals surface area contributed by atoms with Crippen molar-refractivity contribution in [3.63, 3.8) is 0 Å². The van der Waals surface area contributed by atoms with Crippen LogP contribution in [0.15, 0.2) is 24.3 Å². The van der Waals surface area contributed by atoms with Crippen LogP contribution in [-0.4, -0.2) is 36.2 Å². The van der Waals surface area contributed by atoms with Gasteiger partial charge >= 0.3 is 0 Å². The average Bonchev–Trinajstić information content (AvgIpc) is 3.04. The van der Waals surface area contributed by atoms with Crippen molar-refractivity contribution in [2.75, 3.05) is 0 Å². The number of hydrogen-bond acceptors (Lipinski definition) is 5. The quantitative estimate of drug-likeness (QED) is 0.731. The molecule has 0 bridgehead atoms. The van der Waals surface area contributed by atoms with Crippen LogP contribution in [0.1, 0.15) is 45.6 Å². The predicted octanol–water partition coefficient (Wildman–Crippen LogP) is 3.86. The van der Waals surface area contributed by atoms with Crippen LogP contribution in [0.2, 0.25) is 5.02 Å². The zero-order valence-electron chi connectivity index (χ0n) is 14.9. The molecule has 3 rings (SSSR count). The maximum Gasteiger partial charge on any atom is 0.190 e. The minimum atomic E-state index is -0.741. The number of rotatable bonds is 7. The third kappa shape index (κ3) is 4.41. The molecule has 0 aromatic heterocycles. The number of unbranched alkanes of at least 4 members (excludes halogenated alkanes) is 1. The van der Waals surface area contributed by atoms with Gasteiger partial charge in [-0.15, -0.1) is 0 Å². The minimum Gasteiger partial charge on any atom is -0.367 e. The van der Waals surface area contributed by atoms with Crippen LogP contribution in [0.3, 0.4) is 0 Å². The first kappa shape index (κ1) is 18.8. The Morgan fingerprint density at radius 3 is 2.64 bits per heavy atom. The van der Waals surface area contributed by atoms with Crippen molar-refractivity contribution in [1.29, 1.82) is 0 Å². The molecule has 138 valence electrons. The third-order valence-corrected chi connectivity index (χ3v) is 4.69. The summed E-state index contributed by atoms with van der Waals surface area (Å²) in [6.07, 6.45) is 0.174. The van der Waals surface area contributed by atoms with E-state index in [1.807, 2.05) is 38.1 Å². The fraction of sp³-hybridized carbons (Fsp3) is 0.632. The fourth-order valence-corrected chi connectivity index (χ4v) is 3.31. The number of fused-ring (bicyclic) bond motifs is 1. The Hall–Kier alpha value is -0.980. The third-order valence-electron chi connectivity index (χ3n) is 4.44. The first-order valence-electron chi connectivity index (χ1n) is 8.79. The molecule has 0 aliphatic carbocycles. The zero-order chi connectivity index (χ0) is 18.0. The first-order chi connectivity index (χ1) is 11.9. The molecule has 2 saturated heterocycles. The van der Waals surface area contributed by atoms with Crippen LogP contribution in [0, 0.1) is 0 Å². The Morgan fingerprint density at radius 1 is 1.24 bits per heavy atom. The normalized spacial score (nSPS) is 30.4. The van der Waals surface area contributed by atoms with E-state index in [1.54, 1.807) is 0 Å². The molecule has 2 fully saturated rings. The molecule has 0 spiro atoms. The number of carbonyl (C=O) groups is 1. The molecule has 0 saturated carbocycles. The van der Waals surface area contributed by atoms with Crippen molar-refractivity contribution >= 4 is 17.4 Å². The number of benzene rings is 1. The summed E-state index contributed by atoms with van der Waals surface area (Å²) < 4.78 is 23.6. The van der Waals surface area contributed by atoms with Gasteiger partial charge in [-0.05, 0) is 38.0 Å². The van der Waals surface area contributed by atoms with Gasteiger partial charge in [0.1, 0.15) is 18.3 Å². The molecule has 0 amide bonds. The summed E-state index contributed by atoms with van der Waals surface area (Å²) in [6.45, 7) is 6.08. The molecule has 6 heteroatoms. The van der Waals surface area contributed by atoms with E-state index in [-0.39, 0.29) is 5.78 Å². The maximum atomic E-state index is 12.5. The summed E-state index contributed by atoms with van der Waals surface area (Å²) in [6, 6.07) is 7.44. The smallest absolute Gasteiger partial charge is 0.190 e. The highest BCUT2D eigenvalue weighted by molar-refractivity contribution is 6.30. The van der Waals surface area contributed by atoms with Gasteiger partial charge in [0.25, 0.3) is 0 Å². The molecule has 4 atom stereocenters. The molecule has 1 aromatic carbocycles. The topological polar surface area (TPSA) is 54.0 Å². The van der Waals surface area contributed by atoms with E-state index < -0.39 is 30.4 Å². The number of ether oxygens (including phenoxy) is 4. The molecule has 1 aromatic rings. The lowest BCUT2D eigenvalue weighted by atomic mass is 10.0.